The van der Waals surface area contributed by atoms with Gasteiger partial charge in [-0.15, -0.1) is 0 Å². The Kier molecular flexibility index (Phi) is 4.95. The van der Waals surface area contributed by atoms with Crippen LogP contribution in [0.15, 0.2) is 30.3 Å². The van der Waals surface area contributed by atoms with Gasteiger partial charge in [-0.2, -0.15) is 5.26 Å². The molecule has 4 nitrogen and oxygen atoms in total. The molecule has 0 radical (unpaired) electrons. The topological polar surface area (TPSA) is 50.5 Å². The summed E-state index contributed by atoms with van der Waals surface area (Å²) in [6, 6.07) is 14.1. The Labute approximate surface area is 169 Å². The molecule has 2 heterocycles. The number of aliphatic hydroxyl groups is 1. The summed E-state index contributed by atoms with van der Waals surface area (Å²) in [6.07, 6.45) is 7.79. The Morgan fingerprint density at radius 2 is 1.79 bits per heavy atom. The van der Waals surface area contributed by atoms with Crippen molar-refractivity contribution < 1.29 is 5.11 Å². The van der Waals surface area contributed by atoms with Crippen LogP contribution in [-0.2, 0) is 0 Å². The summed E-state index contributed by atoms with van der Waals surface area (Å²) >= 11 is 0. The summed E-state index contributed by atoms with van der Waals surface area (Å²) in [5, 5.41) is 19.0. The third-order valence-corrected chi connectivity index (χ3v) is 8.08. The fraction of sp³-hybridized carbons (Fsp3) is 0.708. The largest absolute Gasteiger partial charge is 0.393 e. The first-order valence-electron chi connectivity index (χ1n) is 11.3. The fourth-order valence-electron chi connectivity index (χ4n) is 6.08. The highest BCUT2D eigenvalue weighted by molar-refractivity contribution is 5.25. The molecule has 28 heavy (non-hydrogen) atoms. The number of nitrogens with zero attached hydrogens (tertiary/aromatic N) is 3. The number of likely N-dealkylation sites (tertiary alicyclic amines) is 2. The quantitative estimate of drug-likeness (QED) is 0.823. The first-order chi connectivity index (χ1) is 13.7. The highest BCUT2D eigenvalue weighted by Gasteiger charge is 2.52. The van der Waals surface area contributed by atoms with Crippen molar-refractivity contribution in [1.29, 1.82) is 5.26 Å². The van der Waals surface area contributed by atoms with Crippen LogP contribution >= 0.6 is 0 Å². The molecule has 4 fully saturated rings. The summed E-state index contributed by atoms with van der Waals surface area (Å²) in [5.74, 6) is 2.57. The van der Waals surface area contributed by atoms with E-state index >= 15 is 0 Å². The minimum absolute atomic E-state index is 0.0890. The van der Waals surface area contributed by atoms with E-state index < -0.39 is 0 Å². The molecule has 2 aliphatic heterocycles. The first kappa shape index (κ1) is 18.6. The maximum atomic E-state index is 9.58. The summed E-state index contributed by atoms with van der Waals surface area (Å²) in [5.41, 5.74) is 1.63. The van der Waals surface area contributed by atoms with Crippen LogP contribution in [0.1, 0.15) is 56.4 Å². The lowest BCUT2D eigenvalue weighted by molar-refractivity contribution is -0.118. The van der Waals surface area contributed by atoms with E-state index in [2.05, 4.69) is 46.2 Å². The number of benzene rings is 1. The second kappa shape index (κ2) is 7.44. The zero-order valence-corrected chi connectivity index (χ0v) is 16.8. The molecule has 5 rings (SSSR count). The Morgan fingerprint density at radius 3 is 2.43 bits per heavy atom. The summed E-state index contributed by atoms with van der Waals surface area (Å²) < 4.78 is 0. The smallest absolute Gasteiger partial charge is 0.0642 e. The average molecular weight is 380 g/mol. The lowest BCUT2D eigenvalue weighted by Gasteiger charge is -2.60. The fourth-order valence-corrected chi connectivity index (χ4v) is 6.08. The van der Waals surface area contributed by atoms with E-state index in [0.29, 0.717) is 12.5 Å². The van der Waals surface area contributed by atoms with Crippen molar-refractivity contribution in [2.45, 2.75) is 68.5 Å². The minimum Gasteiger partial charge on any atom is -0.393 e. The molecule has 1 aromatic rings. The summed E-state index contributed by atoms with van der Waals surface area (Å²) in [7, 11) is 0. The van der Waals surface area contributed by atoms with Gasteiger partial charge in [0.05, 0.1) is 24.1 Å². The van der Waals surface area contributed by atoms with E-state index in [0.717, 1.165) is 56.8 Å². The zero-order chi connectivity index (χ0) is 19.1. The van der Waals surface area contributed by atoms with Crippen LogP contribution in [0.3, 0.4) is 0 Å². The lowest BCUT2D eigenvalue weighted by Crippen LogP contribution is -2.74. The van der Waals surface area contributed by atoms with Crippen LogP contribution in [0.2, 0.25) is 0 Å². The predicted molar refractivity (Wildman–Crippen MR) is 110 cm³/mol. The predicted octanol–water partition coefficient (Wildman–Crippen LogP) is 3.38. The van der Waals surface area contributed by atoms with E-state index in [1.54, 1.807) is 0 Å². The summed E-state index contributed by atoms with van der Waals surface area (Å²) in [6.45, 7) is 4.38. The number of hydrogen-bond donors (Lipinski definition) is 1. The molecule has 2 saturated heterocycles. The third-order valence-electron chi connectivity index (χ3n) is 8.08. The van der Waals surface area contributed by atoms with Gasteiger partial charge in [0.1, 0.15) is 0 Å². The van der Waals surface area contributed by atoms with Crippen LogP contribution in [0, 0.1) is 23.2 Å². The molecule has 1 unspecified atom stereocenters. The molecule has 2 saturated carbocycles. The van der Waals surface area contributed by atoms with Gasteiger partial charge >= 0.3 is 0 Å². The number of piperidine rings is 1. The van der Waals surface area contributed by atoms with Crippen molar-refractivity contribution in [3.63, 3.8) is 0 Å². The SMILES string of the molecule is N#CCC1(N2CCC(C[C@@H]3CC3c3ccccc3)CC2)CN(C2CC(O)C2)C1. The minimum atomic E-state index is -0.0890. The van der Waals surface area contributed by atoms with Crippen molar-refractivity contribution in [3.8, 4) is 6.07 Å². The van der Waals surface area contributed by atoms with E-state index in [1.165, 1.54) is 31.2 Å². The number of rotatable bonds is 6. The van der Waals surface area contributed by atoms with Crippen LogP contribution in [-0.4, -0.2) is 58.8 Å². The molecule has 4 heteroatoms. The molecule has 0 aromatic heterocycles. The van der Waals surface area contributed by atoms with Crippen molar-refractivity contribution >= 4 is 0 Å². The van der Waals surface area contributed by atoms with Gasteiger partial charge in [-0.25, -0.2) is 0 Å². The van der Waals surface area contributed by atoms with Crippen molar-refractivity contribution in [1.82, 2.24) is 9.80 Å². The van der Waals surface area contributed by atoms with E-state index in [4.69, 9.17) is 0 Å². The molecular formula is C24H33N3O. The van der Waals surface area contributed by atoms with Crippen LogP contribution in [0.25, 0.3) is 0 Å². The van der Waals surface area contributed by atoms with Crippen LogP contribution in [0.4, 0.5) is 0 Å². The molecule has 150 valence electrons. The monoisotopic (exact) mass is 379 g/mol. The number of nitriles is 1. The van der Waals surface area contributed by atoms with Gasteiger partial charge in [0.2, 0.25) is 0 Å². The normalized spacial score (nSPS) is 35.6. The Morgan fingerprint density at radius 1 is 1.07 bits per heavy atom. The Balaban J connectivity index is 1.10. The second-order valence-corrected chi connectivity index (χ2v) is 9.92. The van der Waals surface area contributed by atoms with Gasteiger partial charge < -0.3 is 5.11 Å². The van der Waals surface area contributed by atoms with E-state index in [1.807, 2.05) is 0 Å². The standard InChI is InChI=1S/C24H33N3O/c25-9-8-24(16-26(17-24)21-14-22(28)15-21)27-10-6-18(7-11-27)12-20-13-23(20)19-4-2-1-3-5-19/h1-5,18,20-23,28H,6-8,10-17H2/t20-,21?,22?,23?/m1/s1. The van der Waals surface area contributed by atoms with Crippen molar-refractivity contribution in [3.05, 3.63) is 35.9 Å². The first-order valence-corrected chi connectivity index (χ1v) is 11.3. The molecule has 0 amide bonds. The average Bonchev–Trinajstić information content (AvgIpc) is 3.43. The van der Waals surface area contributed by atoms with Gasteiger partial charge in [0, 0.05) is 19.1 Å². The number of aliphatic hydroxyl groups excluding tert-OH is 1. The number of hydrogen-bond acceptors (Lipinski definition) is 4. The molecule has 2 atom stereocenters. The Hall–Kier alpha value is -1.41. The van der Waals surface area contributed by atoms with Gasteiger partial charge in [-0.05, 0) is 74.9 Å². The lowest BCUT2D eigenvalue weighted by atomic mass is 9.77. The van der Waals surface area contributed by atoms with Gasteiger partial charge in [0.15, 0.2) is 0 Å². The second-order valence-electron chi connectivity index (χ2n) is 9.92. The maximum absolute atomic E-state index is 9.58. The Bertz CT molecular complexity index is 709. The maximum Gasteiger partial charge on any atom is 0.0642 e. The molecule has 1 N–H and O–H groups in total. The summed E-state index contributed by atoms with van der Waals surface area (Å²) in [4.78, 5) is 5.14. The van der Waals surface area contributed by atoms with Gasteiger partial charge in [0.25, 0.3) is 0 Å². The van der Waals surface area contributed by atoms with Crippen molar-refractivity contribution in [2.75, 3.05) is 26.2 Å². The highest BCUT2D eigenvalue weighted by atomic mass is 16.3. The van der Waals surface area contributed by atoms with Gasteiger partial charge in [-0.3, -0.25) is 9.80 Å². The van der Waals surface area contributed by atoms with Crippen molar-refractivity contribution in [2.24, 2.45) is 11.8 Å². The van der Waals surface area contributed by atoms with Crippen LogP contribution < -0.4 is 0 Å². The van der Waals surface area contributed by atoms with Gasteiger partial charge in [-0.1, -0.05) is 30.3 Å². The van der Waals surface area contributed by atoms with E-state index in [9.17, 15) is 10.4 Å². The molecule has 0 spiro atoms. The molecule has 1 aromatic carbocycles. The molecular weight excluding hydrogens is 346 g/mol. The molecule has 4 aliphatic rings. The highest BCUT2D eigenvalue weighted by Crippen LogP contribution is 2.52. The molecule has 0 bridgehead atoms. The molecule has 2 aliphatic carbocycles. The zero-order valence-electron chi connectivity index (χ0n) is 16.8. The van der Waals surface area contributed by atoms with E-state index in [-0.39, 0.29) is 11.6 Å². The third kappa shape index (κ3) is 3.49. The van der Waals surface area contributed by atoms with Crippen LogP contribution in [0.5, 0.6) is 0 Å².